The maximum absolute atomic E-state index is 13.5. The first-order chi connectivity index (χ1) is 13.5. The smallest absolute Gasteiger partial charge is 0.248 e. The Morgan fingerprint density at radius 1 is 1.11 bits per heavy atom. The summed E-state index contributed by atoms with van der Waals surface area (Å²) in [6, 6.07) is 5.86. The summed E-state index contributed by atoms with van der Waals surface area (Å²) in [5, 5.41) is 3.38. The molecule has 150 valence electrons. The molecule has 0 amide bonds. The average molecular weight is 389 g/mol. The van der Waals surface area contributed by atoms with Gasteiger partial charge in [0.05, 0.1) is 24.6 Å². The molecule has 0 aromatic carbocycles. The molecule has 0 unspecified atom stereocenters. The molecule has 1 aliphatic heterocycles. The fraction of sp³-hybridized carbons (Fsp3) is 0.550. The van der Waals surface area contributed by atoms with Crippen molar-refractivity contribution in [3.05, 3.63) is 30.2 Å². The second-order valence-electron chi connectivity index (χ2n) is 7.46. The van der Waals surface area contributed by atoms with E-state index in [-0.39, 0.29) is 18.9 Å². The number of pyridine rings is 1. The van der Waals surface area contributed by atoms with E-state index in [1.807, 2.05) is 25.1 Å². The number of hydrogen-bond acceptors (Lipinski definition) is 6. The minimum Gasteiger partial charge on any atom is -0.378 e. The van der Waals surface area contributed by atoms with Crippen molar-refractivity contribution in [1.29, 1.82) is 0 Å². The molecule has 0 spiro atoms. The molecule has 2 aromatic heterocycles. The van der Waals surface area contributed by atoms with E-state index in [2.05, 4.69) is 20.2 Å². The van der Waals surface area contributed by atoms with Crippen LogP contribution in [0.1, 0.15) is 31.5 Å². The van der Waals surface area contributed by atoms with Crippen LogP contribution in [0.4, 0.5) is 20.3 Å². The third-order valence-electron chi connectivity index (χ3n) is 5.29. The van der Waals surface area contributed by atoms with Crippen molar-refractivity contribution >= 4 is 11.5 Å². The standard InChI is InChI=1S/C20H25F2N5O/c1-14-23-7-4-17(24-14)18-12-16(27-8-10-28-11-9-27)13-19(26-18)25-15-2-5-20(21,22)6-3-15/h4,7,12-13,15H,2-3,5-6,8-11H2,1H3,(H,25,26). The van der Waals surface area contributed by atoms with E-state index in [0.29, 0.717) is 37.7 Å². The molecule has 0 atom stereocenters. The van der Waals surface area contributed by atoms with Gasteiger partial charge in [-0.05, 0) is 31.9 Å². The van der Waals surface area contributed by atoms with E-state index in [1.165, 1.54) is 0 Å². The van der Waals surface area contributed by atoms with Crippen molar-refractivity contribution in [3.63, 3.8) is 0 Å². The summed E-state index contributed by atoms with van der Waals surface area (Å²) in [6.07, 6.45) is 2.45. The first-order valence-corrected chi connectivity index (χ1v) is 9.78. The Balaban J connectivity index is 1.62. The monoisotopic (exact) mass is 389 g/mol. The Bertz CT molecular complexity index is 816. The van der Waals surface area contributed by atoms with Crippen LogP contribution in [0, 0.1) is 6.92 Å². The third-order valence-corrected chi connectivity index (χ3v) is 5.29. The zero-order valence-corrected chi connectivity index (χ0v) is 16.0. The van der Waals surface area contributed by atoms with Crippen molar-refractivity contribution in [2.75, 3.05) is 36.5 Å². The summed E-state index contributed by atoms with van der Waals surface area (Å²) in [4.78, 5) is 15.6. The van der Waals surface area contributed by atoms with Gasteiger partial charge in [0.15, 0.2) is 0 Å². The number of aryl methyl sites for hydroxylation is 1. The predicted octanol–water partition coefficient (Wildman–Crippen LogP) is 3.67. The van der Waals surface area contributed by atoms with E-state index in [1.54, 1.807) is 6.20 Å². The number of rotatable bonds is 4. The highest BCUT2D eigenvalue weighted by molar-refractivity contribution is 5.66. The van der Waals surface area contributed by atoms with Crippen molar-refractivity contribution in [3.8, 4) is 11.4 Å². The van der Waals surface area contributed by atoms with Crippen LogP contribution in [0.5, 0.6) is 0 Å². The van der Waals surface area contributed by atoms with Crippen molar-refractivity contribution in [2.45, 2.75) is 44.6 Å². The molecule has 28 heavy (non-hydrogen) atoms. The van der Waals surface area contributed by atoms with Gasteiger partial charge in [-0.2, -0.15) is 0 Å². The zero-order valence-electron chi connectivity index (χ0n) is 16.0. The maximum Gasteiger partial charge on any atom is 0.248 e. The largest absolute Gasteiger partial charge is 0.378 e. The Morgan fingerprint density at radius 2 is 1.86 bits per heavy atom. The number of nitrogens with zero attached hydrogens (tertiary/aromatic N) is 4. The van der Waals surface area contributed by atoms with Gasteiger partial charge < -0.3 is 15.0 Å². The highest BCUT2D eigenvalue weighted by Gasteiger charge is 2.35. The third kappa shape index (κ3) is 4.55. The second-order valence-corrected chi connectivity index (χ2v) is 7.46. The summed E-state index contributed by atoms with van der Waals surface area (Å²) in [5.74, 6) is -1.16. The van der Waals surface area contributed by atoms with E-state index < -0.39 is 5.92 Å². The zero-order chi connectivity index (χ0) is 19.6. The van der Waals surface area contributed by atoms with Crippen LogP contribution in [0.25, 0.3) is 11.4 Å². The molecule has 2 aliphatic rings. The van der Waals surface area contributed by atoms with Crippen molar-refractivity contribution in [1.82, 2.24) is 15.0 Å². The summed E-state index contributed by atoms with van der Waals surface area (Å²) >= 11 is 0. The van der Waals surface area contributed by atoms with Crippen LogP contribution >= 0.6 is 0 Å². The van der Waals surface area contributed by atoms with Gasteiger partial charge in [0.2, 0.25) is 5.92 Å². The maximum atomic E-state index is 13.5. The summed E-state index contributed by atoms with van der Waals surface area (Å²) < 4.78 is 32.4. The Hall–Kier alpha value is -2.35. The number of alkyl halides is 2. The molecule has 2 fully saturated rings. The number of hydrogen-bond donors (Lipinski definition) is 1. The first-order valence-electron chi connectivity index (χ1n) is 9.78. The molecule has 0 bridgehead atoms. The minimum atomic E-state index is -2.54. The van der Waals surface area contributed by atoms with Gasteiger partial charge in [-0.3, -0.25) is 0 Å². The molecule has 1 N–H and O–H groups in total. The second kappa shape index (κ2) is 7.95. The average Bonchev–Trinajstić information content (AvgIpc) is 2.70. The highest BCUT2D eigenvalue weighted by Crippen LogP contribution is 2.35. The Morgan fingerprint density at radius 3 is 2.57 bits per heavy atom. The lowest BCUT2D eigenvalue weighted by Gasteiger charge is -2.31. The predicted molar refractivity (Wildman–Crippen MR) is 104 cm³/mol. The molecular formula is C20H25F2N5O. The number of aromatic nitrogens is 3. The number of ether oxygens (including phenoxy) is 1. The topological polar surface area (TPSA) is 63.2 Å². The molecule has 3 heterocycles. The first kappa shape index (κ1) is 19.0. The van der Waals surface area contributed by atoms with E-state index in [4.69, 9.17) is 9.72 Å². The van der Waals surface area contributed by atoms with Gasteiger partial charge >= 0.3 is 0 Å². The van der Waals surface area contributed by atoms with Crippen LogP contribution in [-0.2, 0) is 4.74 Å². The molecule has 8 heteroatoms. The number of morpholine rings is 1. The van der Waals surface area contributed by atoms with E-state index in [0.717, 1.165) is 30.2 Å². The fourth-order valence-corrected chi connectivity index (χ4v) is 3.72. The lowest BCUT2D eigenvalue weighted by Crippen LogP contribution is -2.36. The molecule has 6 nitrogen and oxygen atoms in total. The minimum absolute atomic E-state index is 0.00653. The quantitative estimate of drug-likeness (QED) is 0.861. The fourth-order valence-electron chi connectivity index (χ4n) is 3.72. The normalized spacial score (nSPS) is 20.2. The molecule has 2 aromatic rings. The molecule has 0 radical (unpaired) electrons. The van der Waals surface area contributed by atoms with Gasteiger partial charge in [-0.25, -0.2) is 23.7 Å². The molecule has 1 aliphatic carbocycles. The molecule has 1 saturated heterocycles. The summed E-state index contributed by atoms with van der Waals surface area (Å²) in [5.41, 5.74) is 2.53. The Labute approximate surface area is 163 Å². The highest BCUT2D eigenvalue weighted by atomic mass is 19.3. The van der Waals surface area contributed by atoms with E-state index >= 15 is 0 Å². The molecule has 1 saturated carbocycles. The lowest BCUT2D eigenvalue weighted by atomic mass is 9.92. The molecule has 4 rings (SSSR count). The number of nitrogens with one attached hydrogen (secondary N) is 1. The van der Waals surface area contributed by atoms with Crippen molar-refractivity contribution in [2.24, 2.45) is 0 Å². The van der Waals surface area contributed by atoms with Gasteiger partial charge in [-0.15, -0.1) is 0 Å². The van der Waals surface area contributed by atoms with Gasteiger partial charge in [-0.1, -0.05) is 0 Å². The van der Waals surface area contributed by atoms with Gasteiger partial charge in [0.1, 0.15) is 11.6 Å². The SMILES string of the molecule is Cc1nccc(-c2cc(N3CCOCC3)cc(NC3CCC(F)(F)CC3)n2)n1. The van der Waals surface area contributed by atoms with Gasteiger partial charge in [0, 0.05) is 49.9 Å². The number of halogens is 2. The van der Waals surface area contributed by atoms with Crippen molar-refractivity contribution < 1.29 is 13.5 Å². The van der Waals surface area contributed by atoms with Crippen LogP contribution in [0.2, 0.25) is 0 Å². The summed E-state index contributed by atoms with van der Waals surface area (Å²) in [7, 11) is 0. The van der Waals surface area contributed by atoms with Gasteiger partial charge in [0.25, 0.3) is 0 Å². The Kier molecular flexibility index (Phi) is 5.39. The van der Waals surface area contributed by atoms with Crippen LogP contribution < -0.4 is 10.2 Å². The number of anilines is 2. The van der Waals surface area contributed by atoms with Crippen LogP contribution in [0.3, 0.4) is 0 Å². The summed E-state index contributed by atoms with van der Waals surface area (Å²) in [6.45, 7) is 4.83. The van der Waals surface area contributed by atoms with E-state index in [9.17, 15) is 8.78 Å². The lowest BCUT2D eigenvalue weighted by molar-refractivity contribution is -0.0361. The van der Waals surface area contributed by atoms with Crippen LogP contribution in [0.15, 0.2) is 24.4 Å². The van der Waals surface area contributed by atoms with Crippen LogP contribution in [-0.4, -0.2) is 53.2 Å². The molecular weight excluding hydrogens is 364 g/mol.